The van der Waals surface area contributed by atoms with Crippen LogP contribution in [0.5, 0.6) is 0 Å². The number of nitrogens with one attached hydrogen (secondary N) is 1. The van der Waals surface area contributed by atoms with Gasteiger partial charge in [-0.25, -0.2) is 8.42 Å². The molecule has 0 aliphatic heterocycles. The summed E-state index contributed by atoms with van der Waals surface area (Å²) in [6, 6.07) is 7.64. The maximum atomic E-state index is 11.6. The molecule has 0 aromatic heterocycles. The molecule has 0 spiro atoms. The molecule has 1 aromatic rings. The highest BCUT2D eigenvalue weighted by Crippen LogP contribution is 2.22. The lowest BCUT2D eigenvalue weighted by atomic mass is 10.1. The average Bonchev–Trinajstić information content (AvgIpc) is 2.27. The Labute approximate surface area is 106 Å². The number of hydrogen-bond acceptors (Lipinski definition) is 3. The number of nitriles is 1. The van der Waals surface area contributed by atoms with Crippen molar-refractivity contribution in [2.24, 2.45) is 0 Å². The van der Waals surface area contributed by atoms with E-state index in [0.717, 1.165) is 0 Å². The maximum absolute atomic E-state index is 11.6. The van der Waals surface area contributed by atoms with Crippen molar-refractivity contribution < 1.29 is 8.42 Å². The van der Waals surface area contributed by atoms with Gasteiger partial charge in [-0.1, -0.05) is 36.7 Å². The molecule has 6 heteroatoms. The van der Waals surface area contributed by atoms with Gasteiger partial charge < -0.3 is 0 Å². The van der Waals surface area contributed by atoms with Crippen molar-refractivity contribution in [3.63, 3.8) is 0 Å². The van der Waals surface area contributed by atoms with E-state index in [1.54, 1.807) is 31.2 Å². The Balaban J connectivity index is 2.96. The van der Waals surface area contributed by atoms with E-state index in [1.165, 1.54) is 0 Å². The van der Waals surface area contributed by atoms with Gasteiger partial charge in [-0.05, 0) is 12.5 Å². The molecule has 0 saturated carbocycles. The number of sulfonamides is 1. The zero-order valence-electron chi connectivity index (χ0n) is 9.35. The van der Waals surface area contributed by atoms with Crippen LogP contribution in [-0.2, 0) is 10.0 Å². The van der Waals surface area contributed by atoms with Crippen molar-refractivity contribution in [2.75, 3.05) is 5.75 Å². The molecule has 0 bridgehead atoms. The van der Waals surface area contributed by atoms with E-state index in [0.29, 0.717) is 17.0 Å². The molecule has 17 heavy (non-hydrogen) atoms. The summed E-state index contributed by atoms with van der Waals surface area (Å²) in [4.78, 5) is 0. The monoisotopic (exact) mass is 272 g/mol. The summed E-state index contributed by atoms with van der Waals surface area (Å²) in [6.45, 7) is 1.76. The smallest absolute Gasteiger partial charge is 0.212 e. The first kappa shape index (κ1) is 14.0. The van der Waals surface area contributed by atoms with Crippen LogP contribution in [-0.4, -0.2) is 14.2 Å². The third kappa shape index (κ3) is 4.00. The van der Waals surface area contributed by atoms with Crippen molar-refractivity contribution in [1.29, 1.82) is 5.26 Å². The van der Waals surface area contributed by atoms with Gasteiger partial charge in [0.25, 0.3) is 0 Å². The van der Waals surface area contributed by atoms with Gasteiger partial charge in [0.1, 0.15) is 6.04 Å². The summed E-state index contributed by atoms with van der Waals surface area (Å²) in [5.41, 5.74) is 0.469. The largest absolute Gasteiger partial charge is 0.213 e. The molecular formula is C11H13ClN2O2S. The standard InChI is InChI=1S/C11H13ClN2O2S/c1-2-7-17(15,16)14-11(8-13)9-5-3-4-6-10(9)12/h3-6,11,14H,2,7H2,1H3. The number of rotatable bonds is 5. The van der Waals surface area contributed by atoms with Gasteiger partial charge in [-0.15, -0.1) is 0 Å². The fourth-order valence-electron chi connectivity index (χ4n) is 1.38. The quantitative estimate of drug-likeness (QED) is 0.894. The van der Waals surface area contributed by atoms with Crippen LogP contribution in [0.4, 0.5) is 0 Å². The molecule has 0 heterocycles. The zero-order valence-corrected chi connectivity index (χ0v) is 10.9. The highest BCUT2D eigenvalue weighted by Gasteiger charge is 2.20. The molecule has 0 saturated heterocycles. The topological polar surface area (TPSA) is 70.0 Å². The minimum Gasteiger partial charge on any atom is -0.212 e. The Morgan fingerprint density at radius 3 is 2.65 bits per heavy atom. The van der Waals surface area contributed by atoms with Crippen molar-refractivity contribution in [1.82, 2.24) is 4.72 Å². The Morgan fingerprint density at radius 1 is 1.47 bits per heavy atom. The predicted molar refractivity (Wildman–Crippen MR) is 67.0 cm³/mol. The van der Waals surface area contributed by atoms with Gasteiger partial charge in [0, 0.05) is 10.6 Å². The zero-order chi connectivity index (χ0) is 12.9. The van der Waals surface area contributed by atoms with Crippen molar-refractivity contribution in [3.8, 4) is 6.07 Å². The third-order valence-electron chi connectivity index (χ3n) is 2.12. The summed E-state index contributed by atoms with van der Waals surface area (Å²) < 4.78 is 25.5. The van der Waals surface area contributed by atoms with Crippen LogP contribution in [0.1, 0.15) is 24.9 Å². The molecule has 0 radical (unpaired) electrons. The van der Waals surface area contributed by atoms with Crippen molar-refractivity contribution in [3.05, 3.63) is 34.9 Å². The van der Waals surface area contributed by atoms with Crippen LogP contribution < -0.4 is 4.72 Å². The van der Waals surface area contributed by atoms with E-state index in [9.17, 15) is 8.42 Å². The van der Waals surface area contributed by atoms with Crippen LogP contribution >= 0.6 is 11.6 Å². The van der Waals surface area contributed by atoms with E-state index >= 15 is 0 Å². The van der Waals surface area contributed by atoms with E-state index in [2.05, 4.69) is 4.72 Å². The van der Waals surface area contributed by atoms with Gasteiger partial charge >= 0.3 is 0 Å². The van der Waals surface area contributed by atoms with E-state index < -0.39 is 16.1 Å². The SMILES string of the molecule is CCCS(=O)(=O)NC(C#N)c1ccccc1Cl. The first-order valence-corrected chi connectivity index (χ1v) is 7.17. The molecule has 0 fully saturated rings. The Hall–Kier alpha value is -1.09. The van der Waals surface area contributed by atoms with Gasteiger partial charge in [0.2, 0.25) is 10.0 Å². The predicted octanol–water partition coefficient (Wildman–Crippen LogP) is 2.23. The van der Waals surface area contributed by atoms with Crippen molar-refractivity contribution >= 4 is 21.6 Å². The molecule has 0 amide bonds. The van der Waals surface area contributed by atoms with Crippen LogP contribution in [0.2, 0.25) is 5.02 Å². The normalized spacial score (nSPS) is 13.0. The number of hydrogen-bond donors (Lipinski definition) is 1. The Kier molecular flexibility index (Phi) is 4.94. The lowest BCUT2D eigenvalue weighted by Crippen LogP contribution is -2.29. The molecule has 0 aliphatic rings. The highest BCUT2D eigenvalue weighted by atomic mass is 35.5. The second-order valence-corrected chi connectivity index (χ2v) is 5.80. The number of halogens is 1. The molecule has 4 nitrogen and oxygen atoms in total. The van der Waals surface area contributed by atoms with E-state index in [1.807, 2.05) is 6.07 Å². The fraction of sp³-hybridized carbons (Fsp3) is 0.364. The molecule has 0 aliphatic carbocycles. The summed E-state index contributed by atoms with van der Waals surface area (Å²) in [7, 11) is -3.44. The Morgan fingerprint density at radius 2 is 2.12 bits per heavy atom. The third-order valence-corrected chi connectivity index (χ3v) is 4.00. The molecule has 92 valence electrons. The second kappa shape index (κ2) is 6.01. The molecule has 1 atom stereocenters. The fourth-order valence-corrected chi connectivity index (χ4v) is 2.81. The number of benzene rings is 1. The summed E-state index contributed by atoms with van der Waals surface area (Å²) >= 11 is 5.92. The summed E-state index contributed by atoms with van der Waals surface area (Å²) in [5.74, 6) is -0.00433. The first-order chi connectivity index (χ1) is 8.00. The lowest BCUT2D eigenvalue weighted by molar-refractivity contribution is 0.574. The number of nitrogens with zero attached hydrogens (tertiary/aromatic N) is 1. The van der Waals surface area contributed by atoms with E-state index in [-0.39, 0.29) is 5.75 Å². The molecule has 1 N–H and O–H groups in total. The minimum atomic E-state index is -3.44. The molecule has 1 aromatic carbocycles. The molecule has 1 unspecified atom stereocenters. The first-order valence-electron chi connectivity index (χ1n) is 5.14. The minimum absolute atomic E-state index is 0.00433. The van der Waals surface area contributed by atoms with Gasteiger partial charge in [-0.3, -0.25) is 0 Å². The van der Waals surface area contributed by atoms with Crippen LogP contribution in [0, 0.1) is 11.3 Å². The van der Waals surface area contributed by atoms with Gasteiger partial charge in [0.15, 0.2) is 0 Å². The van der Waals surface area contributed by atoms with E-state index in [4.69, 9.17) is 16.9 Å². The van der Waals surface area contributed by atoms with Crippen LogP contribution in [0.3, 0.4) is 0 Å². The van der Waals surface area contributed by atoms with Gasteiger partial charge in [0.05, 0.1) is 11.8 Å². The van der Waals surface area contributed by atoms with Gasteiger partial charge in [-0.2, -0.15) is 9.98 Å². The highest BCUT2D eigenvalue weighted by molar-refractivity contribution is 7.89. The molecule has 1 rings (SSSR count). The maximum Gasteiger partial charge on any atom is 0.213 e. The van der Waals surface area contributed by atoms with Crippen LogP contribution in [0.15, 0.2) is 24.3 Å². The summed E-state index contributed by atoms with van der Waals surface area (Å²) in [5, 5.41) is 9.37. The van der Waals surface area contributed by atoms with Crippen LogP contribution in [0.25, 0.3) is 0 Å². The Bertz CT molecular complexity index is 523. The summed E-state index contributed by atoms with van der Waals surface area (Å²) in [6.07, 6.45) is 0.496. The van der Waals surface area contributed by atoms with Crippen molar-refractivity contribution in [2.45, 2.75) is 19.4 Å². The lowest BCUT2D eigenvalue weighted by Gasteiger charge is -2.13. The average molecular weight is 273 g/mol. The second-order valence-electron chi connectivity index (χ2n) is 3.52. The molecular weight excluding hydrogens is 260 g/mol.